The minimum absolute atomic E-state index is 0.105. The van der Waals surface area contributed by atoms with E-state index >= 15 is 0 Å². The molecular formula is C23H35N2O6P. The summed E-state index contributed by atoms with van der Waals surface area (Å²) in [5, 5.41) is 0. The van der Waals surface area contributed by atoms with Crippen molar-refractivity contribution in [3.05, 3.63) is 29.8 Å². The highest BCUT2D eigenvalue weighted by Crippen LogP contribution is 2.60. The van der Waals surface area contributed by atoms with Gasteiger partial charge in [0.1, 0.15) is 5.75 Å². The highest BCUT2D eigenvalue weighted by atomic mass is 31.2. The van der Waals surface area contributed by atoms with Crippen LogP contribution in [0.4, 0.5) is 0 Å². The van der Waals surface area contributed by atoms with E-state index in [-0.39, 0.29) is 12.5 Å². The molecule has 0 unspecified atom stereocenters. The molecule has 178 valence electrons. The highest BCUT2D eigenvalue weighted by Gasteiger charge is 2.51. The van der Waals surface area contributed by atoms with E-state index in [1.54, 1.807) is 0 Å². The van der Waals surface area contributed by atoms with E-state index in [1.807, 2.05) is 4.90 Å². The second kappa shape index (κ2) is 9.43. The van der Waals surface area contributed by atoms with Gasteiger partial charge in [-0.15, -0.1) is 0 Å². The predicted octanol–water partition coefficient (Wildman–Crippen LogP) is 2.38. The van der Waals surface area contributed by atoms with Crippen LogP contribution in [0.2, 0.25) is 0 Å². The molecule has 5 aliphatic rings. The Morgan fingerprint density at radius 3 is 1.91 bits per heavy atom. The quantitative estimate of drug-likeness (QED) is 0.585. The minimum atomic E-state index is -4.64. The van der Waals surface area contributed by atoms with E-state index in [9.17, 15) is 4.79 Å². The molecule has 1 saturated heterocycles. The molecule has 8 nitrogen and oxygen atoms in total. The number of amides is 1. The molecule has 4 saturated carbocycles. The van der Waals surface area contributed by atoms with Gasteiger partial charge in [-0.3, -0.25) is 4.79 Å². The third-order valence-electron chi connectivity index (χ3n) is 7.72. The van der Waals surface area contributed by atoms with E-state index in [0.717, 1.165) is 49.7 Å². The second-order valence-electron chi connectivity index (χ2n) is 10.2. The zero-order chi connectivity index (χ0) is 22.9. The summed E-state index contributed by atoms with van der Waals surface area (Å²) in [5.41, 5.74) is 1.95. The molecule has 1 aliphatic heterocycles. The lowest BCUT2D eigenvalue weighted by Gasteiger charge is -2.57. The lowest BCUT2D eigenvalue weighted by Crippen LogP contribution is -2.48. The Morgan fingerprint density at radius 1 is 0.969 bits per heavy atom. The number of carbonyl (C=O) groups excluding carboxylic acids is 1. The normalized spacial score (nSPS) is 31.8. The van der Waals surface area contributed by atoms with Crippen LogP contribution < -0.4 is 4.74 Å². The Balaban J connectivity index is 0.000000444. The Labute approximate surface area is 189 Å². The summed E-state index contributed by atoms with van der Waals surface area (Å²) in [7, 11) is -2.54. The van der Waals surface area contributed by atoms with Crippen molar-refractivity contribution in [1.29, 1.82) is 0 Å². The first kappa shape index (κ1) is 23.7. The van der Waals surface area contributed by atoms with E-state index in [4.69, 9.17) is 24.0 Å². The van der Waals surface area contributed by atoms with Gasteiger partial charge in [0, 0.05) is 26.2 Å². The first-order valence-corrected chi connectivity index (χ1v) is 13.1. The van der Waals surface area contributed by atoms with E-state index in [0.29, 0.717) is 5.41 Å². The van der Waals surface area contributed by atoms with E-state index in [1.165, 1.54) is 44.1 Å². The maximum absolute atomic E-state index is 12.4. The Morgan fingerprint density at radius 2 is 1.44 bits per heavy atom. The number of piperazine rings is 1. The third kappa shape index (κ3) is 5.91. The van der Waals surface area contributed by atoms with Gasteiger partial charge in [-0.1, -0.05) is 12.1 Å². The molecule has 3 N–H and O–H groups in total. The van der Waals surface area contributed by atoms with Crippen LogP contribution in [0.15, 0.2) is 24.3 Å². The van der Waals surface area contributed by atoms with Gasteiger partial charge in [-0.2, -0.15) is 0 Å². The average Bonchev–Trinajstić information content (AvgIpc) is 2.71. The molecule has 0 atom stereocenters. The summed E-state index contributed by atoms with van der Waals surface area (Å²) >= 11 is 0. The van der Waals surface area contributed by atoms with Crippen molar-refractivity contribution < 1.29 is 28.8 Å². The second-order valence-corrected chi connectivity index (χ2v) is 11.2. The molecule has 9 heteroatoms. The van der Waals surface area contributed by atoms with Crippen molar-refractivity contribution in [2.24, 2.45) is 17.8 Å². The molecule has 1 aromatic carbocycles. The zero-order valence-corrected chi connectivity index (χ0v) is 19.6. The fourth-order valence-electron chi connectivity index (χ4n) is 6.66. The molecular weight excluding hydrogens is 431 g/mol. The number of ether oxygens (including phenoxy) is 1. The van der Waals surface area contributed by atoms with Crippen LogP contribution in [-0.2, 0) is 14.8 Å². The minimum Gasteiger partial charge on any atom is -0.484 e. The van der Waals surface area contributed by atoms with Gasteiger partial charge in [-0.25, -0.2) is 4.57 Å². The first-order valence-electron chi connectivity index (χ1n) is 11.6. The number of hydrogen-bond acceptors (Lipinski definition) is 4. The molecule has 6 rings (SSSR count). The number of phosphoric acid groups is 1. The van der Waals surface area contributed by atoms with E-state index < -0.39 is 7.82 Å². The number of nitrogens with zero attached hydrogens (tertiary/aromatic N) is 2. The summed E-state index contributed by atoms with van der Waals surface area (Å²) in [6, 6.07) is 8.74. The topological polar surface area (TPSA) is 111 Å². The zero-order valence-electron chi connectivity index (χ0n) is 18.7. The predicted molar refractivity (Wildman–Crippen MR) is 120 cm³/mol. The summed E-state index contributed by atoms with van der Waals surface area (Å²) in [4.78, 5) is 38.1. The summed E-state index contributed by atoms with van der Waals surface area (Å²) in [6.07, 6.45) is 8.61. The summed E-state index contributed by atoms with van der Waals surface area (Å²) in [6.45, 7) is 3.67. The molecule has 4 bridgehead atoms. The fourth-order valence-corrected chi connectivity index (χ4v) is 6.66. The molecule has 1 heterocycles. The van der Waals surface area contributed by atoms with Gasteiger partial charge in [-0.05, 0) is 86.4 Å². The molecule has 32 heavy (non-hydrogen) atoms. The van der Waals surface area contributed by atoms with Crippen LogP contribution in [0, 0.1) is 17.8 Å². The van der Waals surface area contributed by atoms with Crippen LogP contribution in [0.5, 0.6) is 5.75 Å². The number of likely N-dealkylation sites (N-methyl/N-ethyl adjacent to an activating group) is 1. The van der Waals surface area contributed by atoms with Crippen molar-refractivity contribution in [3.63, 3.8) is 0 Å². The van der Waals surface area contributed by atoms with Crippen molar-refractivity contribution in [2.45, 2.75) is 43.9 Å². The molecule has 0 radical (unpaired) electrons. The summed E-state index contributed by atoms with van der Waals surface area (Å²) in [5.74, 6) is 3.83. The highest BCUT2D eigenvalue weighted by molar-refractivity contribution is 7.45. The van der Waals surface area contributed by atoms with Crippen LogP contribution in [0.25, 0.3) is 0 Å². The number of hydrogen-bond donors (Lipinski definition) is 3. The van der Waals surface area contributed by atoms with Crippen LogP contribution >= 0.6 is 7.82 Å². The number of benzene rings is 1. The lowest BCUT2D eigenvalue weighted by atomic mass is 9.48. The number of rotatable bonds is 4. The van der Waals surface area contributed by atoms with Crippen molar-refractivity contribution >= 4 is 13.7 Å². The maximum atomic E-state index is 12.4. The molecule has 4 aliphatic carbocycles. The molecule has 0 aromatic heterocycles. The third-order valence-corrected chi connectivity index (χ3v) is 7.72. The lowest BCUT2D eigenvalue weighted by molar-refractivity contribution is -0.134. The van der Waals surface area contributed by atoms with Gasteiger partial charge < -0.3 is 29.2 Å². The summed E-state index contributed by atoms with van der Waals surface area (Å²) < 4.78 is 14.7. The molecule has 1 amide bonds. The van der Waals surface area contributed by atoms with Gasteiger partial charge in [0.2, 0.25) is 0 Å². The molecule has 0 spiro atoms. The van der Waals surface area contributed by atoms with Gasteiger partial charge >= 0.3 is 7.82 Å². The largest absolute Gasteiger partial charge is 0.484 e. The fraction of sp³-hybridized carbons (Fsp3) is 0.696. The van der Waals surface area contributed by atoms with E-state index in [2.05, 4.69) is 36.2 Å². The van der Waals surface area contributed by atoms with Crippen LogP contribution in [0.3, 0.4) is 0 Å². The SMILES string of the molecule is CN1CCN(C(=O)COc2ccc(C34CC5CC(CC(C5)C3)C4)cc2)CC1.O=P(O)(O)O. The van der Waals surface area contributed by atoms with Gasteiger partial charge in [0.05, 0.1) is 0 Å². The maximum Gasteiger partial charge on any atom is 0.466 e. The van der Waals surface area contributed by atoms with Crippen molar-refractivity contribution in [3.8, 4) is 5.75 Å². The smallest absolute Gasteiger partial charge is 0.466 e. The first-order chi connectivity index (χ1) is 15.1. The Hall–Kier alpha value is -1.44. The number of carbonyl (C=O) groups is 1. The Kier molecular flexibility index (Phi) is 6.99. The Bertz CT molecular complexity index is 803. The van der Waals surface area contributed by atoms with Gasteiger partial charge in [0.15, 0.2) is 6.61 Å². The van der Waals surface area contributed by atoms with Crippen molar-refractivity contribution in [1.82, 2.24) is 9.80 Å². The average molecular weight is 467 g/mol. The molecule has 1 aromatic rings. The van der Waals surface area contributed by atoms with Gasteiger partial charge in [0.25, 0.3) is 5.91 Å². The van der Waals surface area contributed by atoms with Crippen LogP contribution in [0.1, 0.15) is 44.1 Å². The van der Waals surface area contributed by atoms with Crippen LogP contribution in [-0.4, -0.2) is 70.2 Å². The molecule has 5 fully saturated rings. The monoisotopic (exact) mass is 466 g/mol. The van der Waals surface area contributed by atoms with Crippen molar-refractivity contribution in [2.75, 3.05) is 39.8 Å². The standard InChI is InChI=1S/C23H32N2O2.H3O4P/c1-24-6-8-25(9-7-24)22(26)16-27-21-4-2-20(3-5-21)23-13-17-10-18(14-23)12-19(11-17)15-23;1-5(2,3)4/h2-5,17-19H,6-16H2,1H3;(H3,1,2,3,4).